The largest absolute Gasteiger partial charge is 0.325 e. The number of likely N-dealkylation sites (N-methyl/N-ethyl adjacent to an activating group) is 1. The molecule has 0 unspecified atom stereocenters. The number of nitrogens with zero attached hydrogens (tertiary/aromatic N) is 2. The number of hydrogen-bond acceptors (Lipinski definition) is 5. The zero-order valence-electron chi connectivity index (χ0n) is 8.28. The van der Waals surface area contributed by atoms with Gasteiger partial charge < -0.3 is 16.0 Å². The van der Waals surface area contributed by atoms with Crippen LogP contribution >= 0.6 is 11.3 Å². The van der Waals surface area contributed by atoms with Gasteiger partial charge >= 0.3 is 0 Å². The third-order valence-corrected chi connectivity index (χ3v) is 2.27. The van der Waals surface area contributed by atoms with E-state index >= 15 is 0 Å². The van der Waals surface area contributed by atoms with Crippen molar-refractivity contribution in [1.29, 1.82) is 0 Å². The molecule has 0 radical (unpaired) electrons. The smallest absolute Gasteiger partial charge is 0.240 e. The normalized spacial score (nSPS) is 10.6. The molecule has 0 aliphatic rings. The summed E-state index contributed by atoms with van der Waals surface area (Å²) in [5.41, 5.74) is 6.20. The van der Waals surface area contributed by atoms with Crippen molar-refractivity contribution in [3.8, 4) is 0 Å². The van der Waals surface area contributed by atoms with Crippen molar-refractivity contribution < 1.29 is 4.79 Å². The number of amides is 1. The lowest BCUT2D eigenvalue weighted by atomic mass is 10.5. The Morgan fingerprint density at radius 1 is 1.71 bits per heavy atom. The summed E-state index contributed by atoms with van der Waals surface area (Å²) in [5, 5.41) is 5.15. The summed E-state index contributed by atoms with van der Waals surface area (Å²) in [5.74, 6) is -0.0621. The van der Waals surface area contributed by atoms with Gasteiger partial charge in [0.05, 0.1) is 12.2 Å². The summed E-state index contributed by atoms with van der Waals surface area (Å²) in [7, 11) is 3.68. The molecule has 14 heavy (non-hydrogen) atoms. The van der Waals surface area contributed by atoms with Gasteiger partial charge in [0.15, 0.2) is 5.13 Å². The molecule has 0 aromatic carbocycles. The van der Waals surface area contributed by atoms with E-state index in [1.807, 2.05) is 19.5 Å². The van der Waals surface area contributed by atoms with Gasteiger partial charge in [-0.1, -0.05) is 0 Å². The SMILES string of the molecule is CN(C)CC(=O)Nc1nc(CN)cs1. The van der Waals surface area contributed by atoms with Crippen molar-refractivity contribution in [2.75, 3.05) is 26.0 Å². The molecular formula is C8H14N4OS. The van der Waals surface area contributed by atoms with Crippen LogP contribution in [0, 0.1) is 0 Å². The van der Waals surface area contributed by atoms with Crippen LogP contribution in [0.2, 0.25) is 0 Å². The quantitative estimate of drug-likeness (QED) is 0.746. The van der Waals surface area contributed by atoms with E-state index in [9.17, 15) is 4.79 Å². The van der Waals surface area contributed by atoms with Crippen molar-refractivity contribution in [3.05, 3.63) is 11.1 Å². The number of thiazole rings is 1. The predicted molar refractivity (Wildman–Crippen MR) is 57.2 cm³/mol. The van der Waals surface area contributed by atoms with Crippen LogP contribution in [0.25, 0.3) is 0 Å². The molecule has 78 valence electrons. The van der Waals surface area contributed by atoms with Crippen LogP contribution in [0.1, 0.15) is 5.69 Å². The maximum absolute atomic E-state index is 11.3. The lowest BCUT2D eigenvalue weighted by Crippen LogP contribution is -2.27. The van der Waals surface area contributed by atoms with E-state index in [0.717, 1.165) is 5.69 Å². The summed E-state index contributed by atoms with van der Waals surface area (Å²) in [6.07, 6.45) is 0. The summed E-state index contributed by atoms with van der Waals surface area (Å²) >= 11 is 1.39. The van der Waals surface area contributed by atoms with E-state index in [1.54, 1.807) is 4.90 Å². The number of anilines is 1. The maximum Gasteiger partial charge on any atom is 0.240 e. The molecule has 0 bridgehead atoms. The Morgan fingerprint density at radius 2 is 2.43 bits per heavy atom. The summed E-state index contributed by atoms with van der Waals surface area (Å²) in [6.45, 7) is 0.761. The van der Waals surface area contributed by atoms with Crippen molar-refractivity contribution in [1.82, 2.24) is 9.88 Å². The average molecular weight is 214 g/mol. The predicted octanol–water partition coefficient (Wildman–Crippen LogP) is 0.102. The number of carbonyl (C=O) groups is 1. The summed E-state index contributed by atoms with van der Waals surface area (Å²) in [6, 6.07) is 0. The molecule has 0 fully saturated rings. The highest BCUT2D eigenvalue weighted by Crippen LogP contribution is 2.14. The van der Waals surface area contributed by atoms with E-state index in [-0.39, 0.29) is 5.91 Å². The second-order valence-electron chi connectivity index (χ2n) is 3.13. The van der Waals surface area contributed by atoms with E-state index in [4.69, 9.17) is 5.73 Å². The first-order chi connectivity index (χ1) is 6.61. The highest BCUT2D eigenvalue weighted by atomic mass is 32.1. The van der Waals surface area contributed by atoms with Crippen LogP contribution in [0.3, 0.4) is 0 Å². The molecular weight excluding hydrogens is 200 g/mol. The van der Waals surface area contributed by atoms with Gasteiger partial charge in [0.1, 0.15) is 0 Å². The zero-order valence-corrected chi connectivity index (χ0v) is 9.10. The molecule has 3 N–H and O–H groups in total. The fourth-order valence-corrected chi connectivity index (χ4v) is 1.64. The minimum atomic E-state index is -0.0621. The van der Waals surface area contributed by atoms with Crippen LogP contribution < -0.4 is 11.1 Å². The number of rotatable bonds is 4. The molecule has 1 aromatic heterocycles. The molecule has 1 heterocycles. The van der Waals surface area contributed by atoms with Gasteiger partial charge in [-0.25, -0.2) is 4.98 Å². The zero-order chi connectivity index (χ0) is 10.6. The lowest BCUT2D eigenvalue weighted by Gasteiger charge is -2.07. The Hall–Kier alpha value is -0.980. The van der Waals surface area contributed by atoms with Gasteiger partial charge in [-0.05, 0) is 14.1 Å². The molecule has 0 atom stereocenters. The monoisotopic (exact) mass is 214 g/mol. The Kier molecular flexibility index (Phi) is 3.99. The fraction of sp³-hybridized carbons (Fsp3) is 0.500. The highest BCUT2D eigenvalue weighted by molar-refractivity contribution is 7.13. The first-order valence-electron chi connectivity index (χ1n) is 4.21. The number of carbonyl (C=O) groups excluding carboxylic acids is 1. The molecule has 0 aliphatic heterocycles. The van der Waals surface area contributed by atoms with Crippen LogP contribution in [0.5, 0.6) is 0 Å². The molecule has 0 saturated carbocycles. The maximum atomic E-state index is 11.3. The standard InChI is InChI=1S/C8H14N4OS/c1-12(2)4-7(13)11-8-10-6(3-9)5-14-8/h5H,3-4,9H2,1-2H3,(H,10,11,13). The van der Waals surface area contributed by atoms with Crippen molar-refractivity contribution in [2.45, 2.75) is 6.54 Å². The minimum absolute atomic E-state index is 0.0621. The molecule has 0 spiro atoms. The first-order valence-corrected chi connectivity index (χ1v) is 5.09. The lowest BCUT2D eigenvalue weighted by molar-refractivity contribution is -0.116. The fourth-order valence-electron chi connectivity index (χ4n) is 0.904. The number of aromatic nitrogens is 1. The Balaban J connectivity index is 2.47. The van der Waals surface area contributed by atoms with E-state index in [2.05, 4.69) is 10.3 Å². The van der Waals surface area contributed by atoms with Crippen molar-refractivity contribution >= 4 is 22.4 Å². The molecule has 0 aliphatic carbocycles. The van der Waals surface area contributed by atoms with Crippen molar-refractivity contribution in [3.63, 3.8) is 0 Å². The van der Waals surface area contributed by atoms with Gasteiger partial charge in [-0.3, -0.25) is 4.79 Å². The molecule has 5 nitrogen and oxygen atoms in total. The third-order valence-electron chi connectivity index (χ3n) is 1.47. The van der Waals surface area contributed by atoms with Gasteiger partial charge in [-0.15, -0.1) is 11.3 Å². The molecule has 1 rings (SSSR count). The molecule has 0 saturated heterocycles. The van der Waals surface area contributed by atoms with Gasteiger partial charge in [0, 0.05) is 11.9 Å². The average Bonchev–Trinajstić information content (AvgIpc) is 2.50. The third kappa shape index (κ3) is 3.41. The van der Waals surface area contributed by atoms with Crippen LogP contribution in [0.4, 0.5) is 5.13 Å². The Bertz CT molecular complexity index is 310. The Morgan fingerprint density at radius 3 is 2.93 bits per heavy atom. The van der Waals surface area contributed by atoms with Gasteiger partial charge in [0.2, 0.25) is 5.91 Å². The topological polar surface area (TPSA) is 71.2 Å². The Labute approximate surface area is 86.9 Å². The highest BCUT2D eigenvalue weighted by Gasteiger charge is 2.06. The van der Waals surface area contributed by atoms with E-state index in [1.165, 1.54) is 11.3 Å². The molecule has 1 aromatic rings. The van der Waals surface area contributed by atoms with E-state index in [0.29, 0.717) is 18.2 Å². The second-order valence-corrected chi connectivity index (χ2v) is 3.99. The number of hydrogen-bond donors (Lipinski definition) is 2. The van der Waals surface area contributed by atoms with Gasteiger partial charge in [-0.2, -0.15) is 0 Å². The van der Waals surface area contributed by atoms with Crippen LogP contribution in [-0.4, -0.2) is 36.4 Å². The number of nitrogens with one attached hydrogen (secondary N) is 1. The first kappa shape index (κ1) is 11.1. The van der Waals surface area contributed by atoms with Crippen molar-refractivity contribution in [2.24, 2.45) is 5.73 Å². The number of nitrogens with two attached hydrogens (primary N) is 1. The molecule has 1 amide bonds. The van der Waals surface area contributed by atoms with Gasteiger partial charge in [0.25, 0.3) is 0 Å². The molecule has 6 heteroatoms. The minimum Gasteiger partial charge on any atom is -0.325 e. The van der Waals surface area contributed by atoms with Crippen LogP contribution in [0.15, 0.2) is 5.38 Å². The second kappa shape index (κ2) is 5.04. The summed E-state index contributed by atoms with van der Waals surface area (Å²) in [4.78, 5) is 17.2. The van der Waals surface area contributed by atoms with Crippen LogP contribution in [-0.2, 0) is 11.3 Å². The van der Waals surface area contributed by atoms with E-state index < -0.39 is 0 Å². The summed E-state index contributed by atoms with van der Waals surface area (Å²) < 4.78 is 0.